The summed E-state index contributed by atoms with van der Waals surface area (Å²) in [6, 6.07) is 66.8. The maximum absolute atomic E-state index is 2.47. The molecule has 2 aliphatic carbocycles. The second-order valence-electron chi connectivity index (χ2n) is 13.2. The van der Waals surface area contributed by atoms with E-state index < -0.39 is 5.41 Å². The van der Waals surface area contributed by atoms with Gasteiger partial charge in [-0.25, -0.2) is 0 Å². The van der Waals surface area contributed by atoms with Crippen molar-refractivity contribution in [1.82, 2.24) is 0 Å². The van der Waals surface area contributed by atoms with Crippen molar-refractivity contribution in [2.45, 2.75) is 18.3 Å². The predicted octanol–water partition coefficient (Wildman–Crippen LogP) is 12.9. The van der Waals surface area contributed by atoms with E-state index in [0.717, 1.165) is 24.2 Å². The molecule has 0 saturated carbocycles. The number of anilines is 3. The molecule has 0 aromatic heterocycles. The van der Waals surface area contributed by atoms with Crippen LogP contribution in [0.15, 0.2) is 200 Å². The average molecular weight is 640 g/mol. The first-order chi connectivity index (χ1) is 24.8. The maximum Gasteiger partial charge on any atom is 0.0734 e. The molecule has 50 heavy (non-hydrogen) atoms. The van der Waals surface area contributed by atoms with Crippen LogP contribution in [0.5, 0.6) is 0 Å². The highest BCUT2D eigenvalue weighted by molar-refractivity contribution is 5.94. The van der Waals surface area contributed by atoms with Gasteiger partial charge in [-0.3, -0.25) is 0 Å². The van der Waals surface area contributed by atoms with E-state index in [-0.39, 0.29) is 0 Å². The maximum atomic E-state index is 2.47. The fourth-order valence-corrected chi connectivity index (χ4v) is 8.16. The van der Waals surface area contributed by atoms with Gasteiger partial charge in [-0.05, 0) is 93.3 Å². The van der Waals surface area contributed by atoms with Crippen LogP contribution in [0.4, 0.5) is 17.1 Å². The third-order valence-electron chi connectivity index (χ3n) is 10.4. The molecular weight excluding hydrogens is 603 g/mol. The Bertz CT molecular complexity index is 2290. The first-order valence-corrected chi connectivity index (χ1v) is 17.6. The molecule has 0 radical (unpaired) electrons. The Hall–Kier alpha value is -6.18. The fourth-order valence-electron chi connectivity index (χ4n) is 8.16. The lowest BCUT2D eigenvalue weighted by Gasteiger charge is -2.38. The molecule has 0 unspecified atom stereocenters. The summed E-state index contributed by atoms with van der Waals surface area (Å²) in [6.45, 7) is 0. The molecule has 9 rings (SSSR count). The van der Waals surface area contributed by atoms with Crippen molar-refractivity contribution in [3.8, 4) is 22.3 Å². The van der Waals surface area contributed by atoms with Gasteiger partial charge in [0.15, 0.2) is 0 Å². The standard InChI is InChI=1S/C49H37N/c1-5-16-36(17-6-1)38-28-32-42(33-29-38)50(43-34-30-39(31-35-43)37-18-7-2-8-19-37)47-27-15-25-45-44-24-13-14-26-46(44)49(48(45)47,40-20-9-3-10-21-40)41-22-11-4-12-23-41/h1,3-7,9-35H,2,8H2. The molecule has 0 N–H and O–H groups in total. The Morgan fingerprint density at radius 1 is 0.420 bits per heavy atom. The molecule has 238 valence electrons. The van der Waals surface area contributed by atoms with Crippen LogP contribution < -0.4 is 4.90 Å². The summed E-state index contributed by atoms with van der Waals surface area (Å²) in [6.07, 6.45) is 9.09. The molecular formula is C49H37N. The lowest BCUT2D eigenvalue weighted by molar-refractivity contribution is 0.768. The third-order valence-corrected chi connectivity index (χ3v) is 10.4. The minimum atomic E-state index is -0.523. The van der Waals surface area contributed by atoms with Gasteiger partial charge in [0.05, 0.1) is 11.1 Å². The molecule has 2 aliphatic rings. The summed E-state index contributed by atoms with van der Waals surface area (Å²) in [7, 11) is 0. The molecule has 0 atom stereocenters. The van der Waals surface area contributed by atoms with Gasteiger partial charge in [0, 0.05) is 16.9 Å². The lowest BCUT2D eigenvalue weighted by Crippen LogP contribution is -2.30. The van der Waals surface area contributed by atoms with E-state index in [9.17, 15) is 0 Å². The van der Waals surface area contributed by atoms with Crippen molar-refractivity contribution >= 4 is 22.6 Å². The number of allylic oxidation sites excluding steroid dienone is 4. The number of benzene rings is 7. The molecule has 7 aromatic rings. The highest BCUT2D eigenvalue weighted by Gasteiger charge is 2.48. The van der Waals surface area contributed by atoms with Crippen LogP contribution in [0.3, 0.4) is 0 Å². The Morgan fingerprint density at radius 2 is 0.960 bits per heavy atom. The summed E-state index contributed by atoms with van der Waals surface area (Å²) < 4.78 is 0. The smallest absolute Gasteiger partial charge is 0.0734 e. The first kappa shape index (κ1) is 29.9. The van der Waals surface area contributed by atoms with Crippen LogP contribution in [-0.2, 0) is 5.41 Å². The van der Waals surface area contributed by atoms with E-state index in [4.69, 9.17) is 0 Å². The molecule has 0 saturated heterocycles. The van der Waals surface area contributed by atoms with Crippen molar-refractivity contribution in [3.05, 3.63) is 228 Å². The van der Waals surface area contributed by atoms with Crippen LogP contribution in [-0.4, -0.2) is 0 Å². The monoisotopic (exact) mass is 639 g/mol. The van der Waals surface area contributed by atoms with Gasteiger partial charge in [-0.2, -0.15) is 0 Å². The largest absolute Gasteiger partial charge is 0.310 e. The molecule has 0 aliphatic heterocycles. The van der Waals surface area contributed by atoms with Crippen LogP contribution in [0.25, 0.3) is 27.8 Å². The number of rotatable bonds is 7. The topological polar surface area (TPSA) is 3.24 Å². The molecule has 1 nitrogen and oxygen atoms in total. The minimum absolute atomic E-state index is 0.523. The summed E-state index contributed by atoms with van der Waals surface area (Å²) >= 11 is 0. The zero-order valence-electron chi connectivity index (χ0n) is 27.9. The van der Waals surface area contributed by atoms with E-state index in [1.165, 1.54) is 61.3 Å². The lowest BCUT2D eigenvalue weighted by atomic mass is 9.67. The minimum Gasteiger partial charge on any atom is -0.310 e. The molecule has 0 spiro atoms. The Kier molecular flexibility index (Phi) is 7.59. The van der Waals surface area contributed by atoms with Crippen LogP contribution in [0, 0.1) is 0 Å². The number of hydrogen-bond acceptors (Lipinski definition) is 1. The van der Waals surface area contributed by atoms with Crippen molar-refractivity contribution in [3.63, 3.8) is 0 Å². The van der Waals surface area contributed by atoms with Gasteiger partial charge in [-0.1, -0.05) is 170 Å². The highest BCUT2D eigenvalue weighted by Crippen LogP contribution is 2.60. The van der Waals surface area contributed by atoms with Gasteiger partial charge in [0.1, 0.15) is 0 Å². The Morgan fingerprint density at radius 3 is 1.58 bits per heavy atom. The Labute approximate surface area is 295 Å². The van der Waals surface area contributed by atoms with Crippen molar-refractivity contribution in [1.29, 1.82) is 0 Å². The summed E-state index contributed by atoms with van der Waals surface area (Å²) in [5.41, 5.74) is 15.5. The van der Waals surface area contributed by atoms with E-state index in [2.05, 4.69) is 205 Å². The fraction of sp³-hybridized carbons (Fsp3) is 0.0612. The number of nitrogens with zero attached hydrogens (tertiary/aromatic N) is 1. The molecule has 1 heteroatoms. The van der Waals surface area contributed by atoms with E-state index >= 15 is 0 Å². The van der Waals surface area contributed by atoms with Crippen molar-refractivity contribution < 1.29 is 0 Å². The summed E-state index contributed by atoms with van der Waals surface area (Å²) in [5.74, 6) is 0. The average Bonchev–Trinajstić information content (AvgIpc) is 3.52. The summed E-state index contributed by atoms with van der Waals surface area (Å²) in [5, 5.41) is 0. The molecule has 0 heterocycles. The van der Waals surface area contributed by atoms with E-state index in [1.807, 2.05) is 0 Å². The zero-order chi connectivity index (χ0) is 33.3. The van der Waals surface area contributed by atoms with Gasteiger partial charge >= 0.3 is 0 Å². The second kappa shape index (κ2) is 12.7. The van der Waals surface area contributed by atoms with Crippen LogP contribution >= 0.6 is 0 Å². The van der Waals surface area contributed by atoms with Gasteiger partial charge < -0.3 is 4.90 Å². The SMILES string of the molecule is C1=CC(c2ccc(N(c3ccc(-c4ccccc4)cc3)c3cccc4c3C(c3ccccc3)(c3ccccc3)c3ccccc3-4)cc2)=CCC1. The Balaban J connectivity index is 1.31. The van der Waals surface area contributed by atoms with E-state index in [0.29, 0.717) is 0 Å². The number of hydrogen-bond donors (Lipinski definition) is 0. The van der Waals surface area contributed by atoms with Crippen LogP contribution in [0.1, 0.15) is 40.7 Å². The number of fused-ring (bicyclic) bond motifs is 3. The van der Waals surface area contributed by atoms with Gasteiger partial charge in [0.25, 0.3) is 0 Å². The van der Waals surface area contributed by atoms with Crippen molar-refractivity contribution in [2.24, 2.45) is 0 Å². The summed E-state index contributed by atoms with van der Waals surface area (Å²) in [4.78, 5) is 2.47. The van der Waals surface area contributed by atoms with Gasteiger partial charge in [-0.15, -0.1) is 0 Å². The predicted molar refractivity (Wildman–Crippen MR) is 210 cm³/mol. The van der Waals surface area contributed by atoms with E-state index in [1.54, 1.807) is 0 Å². The molecule has 0 fully saturated rings. The quantitative estimate of drug-likeness (QED) is 0.168. The molecule has 0 bridgehead atoms. The zero-order valence-corrected chi connectivity index (χ0v) is 27.9. The third kappa shape index (κ3) is 4.94. The van der Waals surface area contributed by atoms with Crippen LogP contribution in [0.2, 0.25) is 0 Å². The van der Waals surface area contributed by atoms with Gasteiger partial charge in [0.2, 0.25) is 0 Å². The molecule has 7 aromatic carbocycles. The molecule has 0 amide bonds. The normalized spacial score (nSPS) is 14.0. The highest BCUT2D eigenvalue weighted by atomic mass is 15.1. The second-order valence-corrected chi connectivity index (χ2v) is 13.2. The van der Waals surface area contributed by atoms with Crippen molar-refractivity contribution in [2.75, 3.05) is 4.90 Å². The first-order valence-electron chi connectivity index (χ1n) is 17.6.